The Bertz CT molecular complexity index is 1130. The second kappa shape index (κ2) is 9.20. The van der Waals surface area contributed by atoms with Gasteiger partial charge in [-0.3, -0.25) is 9.59 Å². The molecule has 0 atom stereocenters. The average Bonchev–Trinajstić information content (AvgIpc) is 2.80. The average molecular weight is 436 g/mol. The highest BCUT2D eigenvalue weighted by atomic mass is 35.5. The molecule has 0 saturated carbocycles. The van der Waals surface area contributed by atoms with Crippen LogP contribution in [0.3, 0.4) is 0 Å². The SMILES string of the molecule is COc1ccc(C(=O)Nc2cc(C(=O)Nc3ccc4c(c3)CNCC4)ccc2Cl)cc1. The molecule has 7 heteroatoms. The quantitative estimate of drug-likeness (QED) is 0.551. The van der Waals surface area contributed by atoms with Crippen LogP contribution in [-0.4, -0.2) is 25.5 Å². The zero-order valence-corrected chi connectivity index (χ0v) is 17.8. The van der Waals surface area contributed by atoms with E-state index in [9.17, 15) is 9.59 Å². The number of carbonyl (C=O) groups excluding carboxylic acids is 2. The molecule has 0 aromatic heterocycles. The lowest BCUT2D eigenvalue weighted by atomic mass is 10.0. The van der Waals surface area contributed by atoms with Gasteiger partial charge in [0.25, 0.3) is 11.8 Å². The van der Waals surface area contributed by atoms with Crippen molar-refractivity contribution in [3.63, 3.8) is 0 Å². The van der Waals surface area contributed by atoms with Gasteiger partial charge in [0.05, 0.1) is 17.8 Å². The Morgan fingerprint density at radius 1 is 0.903 bits per heavy atom. The molecule has 1 aliphatic heterocycles. The third-order valence-electron chi connectivity index (χ3n) is 5.18. The van der Waals surface area contributed by atoms with Crippen LogP contribution in [0.4, 0.5) is 11.4 Å². The lowest BCUT2D eigenvalue weighted by Crippen LogP contribution is -2.23. The van der Waals surface area contributed by atoms with E-state index in [2.05, 4.69) is 16.0 Å². The number of ether oxygens (including phenoxy) is 1. The van der Waals surface area contributed by atoms with Crippen LogP contribution in [0.1, 0.15) is 31.8 Å². The minimum absolute atomic E-state index is 0.277. The molecule has 0 aliphatic carbocycles. The standard InChI is InChI=1S/C24H22ClN3O3/c1-31-20-7-3-16(4-8-20)23(29)28-22-13-17(5-9-21(22)25)24(30)27-19-6-2-15-10-11-26-14-18(15)12-19/h2-9,12-13,26H,10-11,14H2,1H3,(H,27,30)(H,28,29). The van der Waals surface area contributed by atoms with E-state index in [1.165, 1.54) is 11.1 Å². The molecule has 0 spiro atoms. The molecule has 0 unspecified atom stereocenters. The molecular formula is C24H22ClN3O3. The van der Waals surface area contributed by atoms with Gasteiger partial charge in [0, 0.05) is 23.4 Å². The Kier molecular flexibility index (Phi) is 6.21. The second-order valence-corrected chi connectivity index (χ2v) is 7.65. The number of rotatable bonds is 5. The van der Waals surface area contributed by atoms with Crippen LogP contribution in [0.2, 0.25) is 5.02 Å². The maximum Gasteiger partial charge on any atom is 0.255 e. The summed E-state index contributed by atoms with van der Waals surface area (Å²) in [5.74, 6) is 0.0517. The van der Waals surface area contributed by atoms with Gasteiger partial charge in [-0.1, -0.05) is 17.7 Å². The summed E-state index contributed by atoms with van der Waals surface area (Å²) in [5.41, 5.74) is 4.43. The van der Waals surface area contributed by atoms with Crippen LogP contribution in [-0.2, 0) is 13.0 Å². The molecule has 31 heavy (non-hydrogen) atoms. The largest absolute Gasteiger partial charge is 0.497 e. The van der Waals surface area contributed by atoms with Crippen LogP contribution in [0.15, 0.2) is 60.7 Å². The van der Waals surface area contributed by atoms with Crippen molar-refractivity contribution in [2.24, 2.45) is 0 Å². The van der Waals surface area contributed by atoms with Crippen molar-refractivity contribution >= 4 is 34.8 Å². The maximum absolute atomic E-state index is 12.8. The second-order valence-electron chi connectivity index (χ2n) is 7.24. The number of benzene rings is 3. The Hall–Kier alpha value is -3.35. The fourth-order valence-corrected chi connectivity index (χ4v) is 3.63. The van der Waals surface area contributed by atoms with Crippen LogP contribution >= 0.6 is 11.6 Å². The summed E-state index contributed by atoms with van der Waals surface area (Å²) >= 11 is 6.25. The third-order valence-corrected chi connectivity index (χ3v) is 5.51. The summed E-state index contributed by atoms with van der Waals surface area (Å²) in [6, 6.07) is 17.5. The number of halogens is 1. The third kappa shape index (κ3) is 4.87. The molecule has 3 aromatic carbocycles. The summed E-state index contributed by atoms with van der Waals surface area (Å²) in [7, 11) is 1.56. The van der Waals surface area contributed by atoms with Crippen LogP contribution in [0.5, 0.6) is 5.75 Å². The highest BCUT2D eigenvalue weighted by Crippen LogP contribution is 2.25. The topological polar surface area (TPSA) is 79.5 Å². The molecule has 2 amide bonds. The molecule has 1 aliphatic rings. The number of fused-ring (bicyclic) bond motifs is 1. The molecule has 0 bridgehead atoms. The van der Waals surface area contributed by atoms with E-state index < -0.39 is 0 Å². The van der Waals surface area contributed by atoms with Gasteiger partial charge >= 0.3 is 0 Å². The van der Waals surface area contributed by atoms with E-state index in [1.807, 2.05) is 18.2 Å². The van der Waals surface area contributed by atoms with Crippen molar-refractivity contribution in [3.8, 4) is 5.75 Å². The van der Waals surface area contributed by atoms with Crippen LogP contribution in [0.25, 0.3) is 0 Å². The van der Waals surface area contributed by atoms with E-state index in [0.717, 1.165) is 25.2 Å². The van der Waals surface area contributed by atoms with Gasteiger partial charge in [0.1, 0.15) is 5.75 Å². The van der Waals surface area contributed by atoms with E-state index in [4.69, 9.17) is 16.3 Å². The Morgan fingerprint density at radius 3 is 2.42 bits per heavy atom. The van der Waals surface area contributed by atoms with Crippen molar-refractivity contribution in [1.82, 2.24) is 5.32 Å². The van der Waals surface area contributed by atoms with E-state index >= 15 is 0 Å². The first kappa shape index (κ1) is 20.9. The zero-order valence-electron chi connectivity index (χ0n) is 17.0. The van der Waals surface area contributed by atoms with Gasteiger partial charge < -0.3 is 20.7 Å². The Balaban J connectivity index is 1.48. The molecule has 6 nitrogen and oxygen atoms in total. The fourth-order valence-electron chi connectivity index (χ4n) is 3.46. The summed E-state index contributed by atoms with van der Waals surface area (Å²) in [5, 5.41) is 9.36. The summed E-state index contributed by atoms with van der Waals surface area (Å²) in [6.07, 6.45) is 0.984. The van der Waals surface area contributed by atoms with Gasteiger partial charge in [-0.05, 0) is 78.7 Å². The molecule has 3 N–H and O–H groups in total. The molecule has 0 saturated heterocycles. The minimum atomic E-state index is -0.329. The number of nitrogens with one attached hydrogen (secondary N) is 3. The summed E-state index contributed by atoms with van der Waals surface area (Å²) in [4.78, 5) is 25.3. The predicted octanol–water partition coefficient (Wildman–Crippen LogP) is 4.50. The predicted molar refractivity (Wildman–Crippen MR) is 122 cm³/mol. The summed E-state index contributed by atoms with van der Waals surface area (Å²) in [6.45, 7) is 1.76. The molecular weight excluding hydrogens is 414 g/mol. The first-order valence-electron chi connectivity index (χ1n) is 9.92. The van der Waals surface area contributed by atoms with Gasteiger partial charge in [-0.25, -0.2) is 0 Å². The fraction of sp³-hybridized carbons (Fsp3) is 0.167. The highest BCUT2D eigenvalue weighted by Gasteiger charge is 2.14. The molecule has 0 radical (unpaired) electrons. The van der Waals surface area contributed by atoms with E-state index in [1.54, 1.807) is 49.6 Å². The molecule has 4 rings (SSSR count). The molecule has 1 heterocycles. The number of anilines is 2. The number of amides is 2. The van der Waals surface area contributed by atoms with Crippen molar-refractivity contribution in [1.29, 1.82) is 0 Å². The van der Waals surface area contributed by atoms with Crippen molar-refractivity contribution < 1.29 is 14.3 Å². The molecule has 158 valence electrons. The minimum Gasteiger partial charge on any atom is -0.497 e. The monoisotopic (exact) mass is 435 g/mol. The van der Waals surface area contributed by atoms with Gasteiger partial charge in [-0.2, -0.15) is 0 Å². The first-order chi connectivity index (χ1) is 15.0. The Morgan fingerprint density at radius 2 is 1.65 bits per heavy atom. The molecule has 3 aromatic rings. The van der Waals surface area contributed by atoms with Gasteiger partial charge in [0.15, 0.2) is 0 Å². The van der Waals surface area contributed by atoms with Crippen molar-refractivity contribution in [2.45, 2.75) is 13.0 Å². The van der Waals surface area contributed by atoms with Crippen molar-refractivity contribution in [3.05, 3.63) is 87.9 Å². The van der Waals surface area contributed by atoms with Gasteiger partial charge in [0.2, 0.25) is 0 Å². The molecule has 0 fully saturated rings. The lowest BCUT2D eigenvalue weighted by molar-refractivity contribution is 0.101. The number of hydrogen-bond donors (Lipinski definition) is 3. The van der Waals surface area contributed by atoms with Gasteiger partial charge in [-0.15, -0.1) is 0 Å². The maximum atomic E-state index is 12.8. The van der Waals surface area contributed by atoms with E-state index in [-0.39, 0.29) is 11.8 Å². The van der Waals surface area contributed by atoms with Crippen LogP contribution in [0, 0.1) is 0 Å². The Labute approximate surface area is 185 Å². The van der Waals surface area contributed by atoms with Crippen molar-refractivity contribution in [2.75, 3.05) is 24.3 Å². The van der Waals surface area contributed by atoms with Crippen LogP contribution < -0.4 is 20.7 Å². The van der Waals surface area contributed by atoms with E-state index in [0.29, 0.717) is 27.6 Å². The first-order valence-corrected chi connectivity index (χ1v) is 10.3. The zero-order chi connectivity index (χ0) is 21.8. The summed E-state index contributed by atoms with van der Waals surface area (Å²) < 4.78 is 5.11. The normalized spacial score (nSPS) is 12.6. The number of methoxy groups -OCH3 is 1. The smallest absolute Gasteiger partial charge is 0.255 e. The lowest BCUT2D eigenvalue weighted by Gasteiger charge is -2.18. The highest BCUT2D eigenvalue weighted by molar-refractivity contribution is 6.34. The number of carbonyl (C=O) groups is 2. The number of hydrogen-bond acceptors (Lipinski definition) is 4.